The van der Waals surface area contributed by atoms with E-state index in [4.69, 9.17) is 5.73 Å². The largest absolute Gasteiger partial charge is 0.368 e. The Morgan fingerprint density at radius 2 is 2.00 bits per heavy atom. The second-order valence-corrected chi connectivity index (χ2v) is 5.54. The monoisotopic (exact) mass is 268 g/mol. The highest BCUT2D eigenvalue weighted by molar-refractivity contribution is 7.99. The van der Waals surface area contributed by atoms with E-state index in [1.807, 2.05) is 19.9 Å². The van der Waals surface area contributed by atoms with Crippen molar-refractivity contribution < 1.29 is 4.79 Å². The summed E-state index contributed by atoms with van der Waals surface area (Å²) in [5.74, 6) is 0.398. The van der Waals surface area contributed by atoms with Crippen LogP contribution in [0.3, 0.4) is 0 Å². The quantitative estimate of drug-likeness (QED) is 0.595. The molecule has 1 amide bonds. The van der Waals surface area contributed by atoms with E-state index in [1.165, 1.54) is 11.8 Å². The molecule has 0 aliphatic carbocycles. The van der Waals surface area contributed by atoms with E-state index in [0.29, 0.717) is 6.42 Å². The minimum absolute atomic E-state index is 0.341. The van der Waals surface area contributed by atoms with Crippen molar-refractivity contribution in [3.63, 3.8) is 0 Å². The summed E-state index contributed by atoms with van der Waals surface area (Å²) in [5, 5.41) is 3.70. The molecule has 3 N–H and O–H groups in total. The molecule has 0 spiro atoms. The molecular weight excluding hydrogens is 248 g/mol. The van der Waals surface area contributed by atoms with E-state index in [0.717, 1.165) is 22.3 Å². The van der Waals surface area contributed by atoms with Crippen LogP contribution < -0.4 is 11.1 Å². The van der Waals surface area contributed by atoms with Crippen molar-refractivity contribution in [1.29, 1.82) is 0 Å². The first kappa shape index (κ1) is 14.9. The Morgan fingerprint density at radius 1 is 1.44 bits per heavy atom. The van der Waals surface area contributed by atoms with Crippen molar-refractivity contribution in [1.82, 2.24) is 15.3 Å². The summed E-state index contributed by atoms with van der Waals surface area (Å²) in [6.07, 6.45) is 0.639. The number of thioether (sulfide) groups is 1. The number of nitrogens with zero attached hydrogens (tertiary/aromatic N) is 2. The number of nitrogens with two attached hydrogens (primary N) is 1. The third-order valence-electron chi connectivity index (χ3n) is 2.89. The number of hydrogen-bond acceptors (Lipinski definition) is 5. The highest BCUT2D eigenvalue weighted by atomic mass is 32.2. The maximum atomic E-state index is 11.3. The smallest absolute Gasteiger partial charge is 0.237 e. The maximum absolute atomic E-state index is 11.3. The molecule has 1 unspecified atom stereocenters. The van der Waals surface area contributed by atoms with Crippen LogP contribution in [0.5, 0.6) is 0 Å². The summed E-state index contributed by atoms with van der Waals surface area (Å²) < 4.78 is 0. The predicted octanol–water partition coefficient (Wildman–Crippen LogP) is 1.04. The number of carbonyl (C=O) groups is 1. The number of nitrogens with one attached hydrogen (secondary N) is 1. The summed E-state index contributed by atoms with van der Waals surface area (Å²) in [5.41, 5.74) is 6.60. The molecule has 18 heavy (non-hydrogen) atoms. The second-order valence-electron chi connectivity index (χ2n) is 4.48. The zero-order chi connectivity index (χ0) is 13.8. The first-order valence-corrected chi connectivity index (χ1v) is 6.80. The number of likely N-dealkylation sites (N-methyl/N-ethyl adjacent to an activating group) is 1. The fourth-order valence-electron chi connectivity index (χ4n) is 1.48. The molecule has 0 saturated carbocycles. The van der Waals surface area contributed by atoms with Gasteiger partial charge in [0.15, 0.2) is 5.16 Å². The van der Waals surface area contributed by atoms with Crippen LogP contribution in [0.25, 0.3) is 0 Å². The first-order chi connectivity index (χ1) is 8.37. The Hall–Kier alpha value is -1.14. The Kier molecular flexibility index (Phi) is 5.10. The zero-order valence-electron chi connectivity index (χ0n) is 11.3. The third kappa shape index (κ3) is 3.96. The Labute approximate surface area is 112 Å². The number of hydrogen-bond donors (Lipinski definition) is 2. The molecule has 0 aromatic carbocycles. The normalized spacial score (nSPS) is 14.2. The Bertz CT molecular complexity index is 418. The van der Waals surface area contributed by atoms with Gasteiger partial charge in [-0.2, -0.15) is 0 Å². The first-order valence-electron chi connectivity index (χ1n) is 5.81. The fraction of sp³-hybridized carbons (Fsp3) is 0.583. The third-order valence-corrected chi connectivity index (χ3v) is 3.74. The van der Waals surface area contributed by atoms with Crippen molar-refractivity contribution in [3.8, 4) is 0 Å². The molecule has 1 rings (SSSR count). The van der Waals surface area contributed by atoms with Gasteiger partial charge in [0.2, 0.25) is 5.91 Å². The Morgan fingerprint density at radius 3 is 2.44 bits per heavy atom. The van der Waals surface area contributed by atoms with Gasteiger partial charge in [-0.05, 0) is 40.3 Å². The van der Waals surface area contributed by atoms with Gasteiger partial charge in [-0.25, -0.2) is 9.97 Å². The van der Waals surface area contributed by atoms with Gasteiger partial charge >= 0.3 is 0 Å². The van der Waals surface area contributed by atoms with Crippen LogP contribution in [-0.4, -0.2) is 34.2 Å². The molecule has 1 aromatic heterocycles. The van der Waals surface area contributed by atoms with Gasteiger partial charge in [0, 0.05) is 17.1 Å². The van der Waals surface area contributed by atoms with E-state index in [-0.39, 0.29) is 5.91 Å². The summed E-state index contributed by atoms with van der Waals surface area (Å²) in [4.78, 5) is 20.0. The summed E-state index contributed by atoms with van der Waals surface area (Å²) in [6.45, 7) is 5.69. The molecule has 1 aromatic rings. The summed E-state index contributed by atoms with van der Waals surface area (Å²) in [7, 11) is 1.74. The lowest BCUT2D eigenvalue weighted by molar-refractivity contribution is -0.123. The van der Waals surface area contributed by atoms with E-state index >= 15 is 0 Å². The molecule has 1 heterocycles. The van der Waals surface area contributed by atoms with Gasteiger partial charge in [-0.1, -0.05) is 11.8 Å². The zero-order valence-corrected chi connectivity index (χ0v) is 12.1. The molecular formula is C12H20N4OS. The van der Waals surface area contributed by atoms with Crippen LogP contribution in [0.1, 0.15) is 24.7 Å². The minimum atomic E-state index is -0.675. The lowest BCUT2D eigenvalue weighted by atomic mass is 9.99. The van der Waals surface area contributed by atoms with Crippen molar-refractivity contribution >= 4 is 17.7 Å². The fourth-order valence-corrected chi connectivity index (χ4v) is 2.59. The lowest BCUT2D eigenvalue weighted by Crippen LogP contribution is -2.51. The number of rotatable bonds is 6. The van der Waals surface area contributed by atoms with Crippen molar-refractivity contribution in [2.45, 2.75) is 37.9 Å². The van der Waals surface area contributed by atoms with E-state index in [9.17, 15) is 4.79 Å². The van der Waals surface area contributed by atoms with Crippen LogP contribution >= 0.6 is 11.8 Å². The van der Waals surface area contributed by atoms with Crippen LogP contribution in [0, 0.1) is 13.8 Å². The topological polar surface area (TPSA) is 80.9 Å². The van der Waals surface area contributed by atoms with Gasteiger partial charge in [-0.3, -0.25) is 4.79 Å². The second kappa shape index (κ2) is 6.15. The van der Waals surface area contributed by atoms with Crippen LogP contribution in [0.2, 0.25) is 0 Å². The summed E-state index contributed by atoms with van der Waals surface area (Å²) >= 11 is 1.54. The lowest BCUT2D eigenvalue weighted by Gasteiger charge is -2.24. The molecule has 6 heteroatoms. The molecule has 5 nitrogen and oxygen atoms in total. The van der Waals surface area contributed by atoms with Gasteiger partial charge in [0.25, 0.3) is 0 Å². The van der Waals surface area contributed by atoms with Gasteiger partial charge in [0.1, 0.15) is 0 Å². The van der Waals surface area contributed by atoms with Crippen molar-refractivity contribution in [2.24, 2.45) is 5.73 Å². The average Bonchev–Trinajstić information content (AvgIpc) is 2.27. The van der Waals surface area contributed by atoms with E-state index in [1.54, 1.807) is 14.0 Å². The Balaban J connectivity index is 2.58. The molecule has 0 aliphatic rings. The number of primary amides is 1. The van der Waals surface area contributed by atoms with Crippen LogP contribution in [0.4, 0.5) is 0 Å². The number of aryl methyl sites for hydroxylation is 2. The van der Waals surface area contributed by atoms with Gasteiger partial charge < -0.3 is 11.1 Å². The molecule has 100 valence electrons. The molecule has 0 radical (unpaired) electrons. The molecule has 0 saturated heterocycles. The standard InChI is InChI=1S/C12H20N4OS/c1-8-7-9(2)16-11(15-8)18-6-5-12(3,14-4)10(13)17/h7,14H,5-6H2,1-4H3,(H2,13,17). The SMILES string of the molecule is CNC(C)(CCSc1nc(C)cc(C)n1)C(N)=O. The minimum Gasteiger partial charge on any atom is -0.368 e. The molecule has 1 atom stereocenters. The van der Waals surface area contributed by atoms with Crippen LogP contribution in [-0.2, 0) is 4.79 Å². The number of amides is 1. The highest BCUT2D eigenvalue weighted by Crippen LogP contribution is 2.19. The predicted molar refractivity (Wildman–Crippen MR) is 73.5 cm³/mol. The number of carbonyl (C=O) groups excluding carboxylic acids is 1. The molecule has 0 aliphatic heterocycles. The van der Waals surface area contributed by atoms with E-state index < -0.39 is 5.54 Å². The van der Waals surface area contributed by atoms with E-state index in [2.05, 4.69) is 15.3 Å². The highest BCUT2D eigenvalue weighted by Gasteiger charge is 2.28. The van der Waals surface area contributed by atoms with Crippen molar-refractivity contribution in [3.05, 3.63) is 17.5 Å². The molecule has 0 fully saturated rings. The maximum Gasteiger partial charge on any atom is 0.237 e. The van der Waals surface area contributed by atoms with Gasteiger partial charge in [-0.15, -0.1) is 0 Å². The molecule has 0 bridgehead atoms. The summed E-state index contributed by atoms with van der Waals surface area (Å²) in [6, 6.07) is 1.94. The van der Waals surface area contributed by atoms with Gasteiger partial charge in [0.05, 0.1) is 5.54 Å². The van der Waals surface area contributed by atoms with Crippen LogP contribution in [0.15, 0.2) is 11.2 Å². The number of aromatic nitrogens is 2. The average molecular weight is 268 g/mol. The van der Waals surface area contributed by atoms with Crippen molar-refractivity contribution in [2.75, 3.05) is 12.8 Å².